The van der Waals surface area contributed by atoms with E-state index in [2.05, 4.69) is 5.32 Å². The number of hydrogen-bond donors (Lipinski definition) is 1. The first-order chi connectivity index (χ1) is 15.0. The largest absolute Gasteiger partial charge is 0.490 e. The number of esters is 1. The van der Waals surface area contributed by atoms with Gasteiger partial charge in [-0.2, -0.15) is 0 Å². The van der Waals surface area contributed by atoms with Gasteiger partial charge in [0.15, 0.2) is 18.1 Å². The lowest BCUT2D eigenvalue weighted by Gasteiger charge is -2.16. The molecule has 0 unspecified atom stereocenters. The lowest BCUT2D eigenvalue weighted by molar-refractivity contribution is -0.119. The van der Waals surface area contributed by atoms with E-state index in [-0.39, 0.29) is 5.56 Å². The molecule has 2 aromatic carbocycles. The minimum Gasteiger partial charge on any atom is -0.490 e. The molecule has 1 amide bonds. The molecule has 0 radical (unpaired) electrons. The van der Waals surface area contributed by atoms with Crippen LogP contribution in [0.2, 0.25) is 0 Å². The van der Waals surface area contributed by atoms with Gasteiger partial charge in [0, 0.05) is 5.69 Å². The Morgan fingerprint density at radius 3 is 2.16 bits per heavy atom. The fourth-order valence-corrected chi connectivity index (χ4v) is 3.57. The maximum absolute atomic E-state index is 12.6. The summed E-state index contributed by atoms with van der Waals surface area (Å²) in [4.78, 5) is 24.9. The van der Waals surface area contributed by atoms with Crippen LogP contribution in [0.5, 0.6) is 17.2 Å². The second-order valence-electron chi connectivity index (χ2n) is 7.06. The number of ether oxygens (including phenoxy) is 4. The van der Waals surface area contributed by atoms with E-state index in [4.69, 9.17) is 18.9 Å². The van der Waals surface area contributed by atoms with E-state index in [1.54, 1.807) is 0 Å². The molecular formula is C24H29NO6. The van der Waals surface area contributed by atoms with Crippen molar-refractivity contribution in [1.82, 2.24) is 0 Å². The smallest absolute Gasteiger partial charge is 0.338 e. The Balaban J connectivity index is 1.66. The molecular weight excluding hydrogens is 398 g/mol. The van der Waals surface area contributed by atoms with Gasteiger partial charge in [0.2, 0.25) is 5.75 Å². The maximum Gasteiger partial charge on any atom is 0.338 e. The highest BCUT2D eigenvalue weighted by atomic mass is 16.5. The van der Waals surface area contributed by atoms with Crippen LogP contribution in [-0.2, 0) is 22.4 Å². The minimum absolute atomic E-state index is 0.223. The van der Waals surface area contributed by atoms with Crippen molar-refractivity contribution in [2.24, 2.45) is 0 Å². The molecule has 0 saturated carbocycles. The molecule has 1 aliphatic rings. The van der Waals surface area contributed by atoms with Gasteiger partial charge < -0.3 is 24.3 Å². The summed E-state index contributed by atoms with van der Waals surface area (Å²) in [6.45, 7) is 6.35. The Kier molecular flexibility index (Phi) is 7.76. The summed E-state index contributed by atoms with van der Waals surface area (Å²) in [7, 11) is 0. The third kappa shape index (κ3) is 5.69. The van der Waals surface area contributed by atoms with E-state index in [9.17, 15) is 9.59 Å². The van der Waals surface area contributed by atoms with Crippen molar-refractivity contribution in [1.29, 1.82) is 0 Å². The lowest BCUT2D eigenvalue weighted by Crippen LogP contribution is -2.21. The Morgan fingerprint density at radius 2 is 1.52 bits per heavy atom. The topological polar surface area (TPSA) is 83.1 Å². The molecule has 0 bridgehead atoms. The predicted molar refractivity (Wildman–Crippen MR) is 117 cm³/mol. The molecule has 166 valence electrons. The van der Waals surface area contributed by atoms with Crippen LogP contribution in [0.1, 0.15) is 48.7 Å². The first-order valence-corrected chi connectivity index (χ1v) is 10.7. The number of anilines is 1. The van der Waals surface area contributed by atoms with Gasteiger partial charge in [-0.1, -0.05) is 6.07 Å². The highest BCUT2D eigenvalue weighted by Crippen LogP contribution is 2.39. The van der Waals surface area contributed by atoms with Gasteiger partial charge in [0.05, 0.1) is 25.4 Å². The van der Waals surface area contributed by atoms with Crippen molar-refractivity contribution < 1.29 is 28.5 Å². The summed E-state index contributed by atoms with van der Waals surface area (Å²) in [5, 5.41) is 2.78. The molecule has 0 aromatic heterocycles. The zero-order valence-corrected chi connectivity index (χ0v) is 18.3. The summed E-state index contributed by atoms with van der Waals surface area (Å²) >= 11 is 0. The maximum atomic E-state index is 12.6. The van der Waals surface area contributed by atoms with Gasteiger partial charge in [-0.25, -0.2) is 4.79 Å². The Hall–Kier alpha value is -3.22. The van der Waals surface area contributed by atoms with Gasteiger partial charge >= 0.3 is 5.97 Å². The third-order valence-electron chi connectivity index (χ3n) is 4.86. The molecule has 0 atom stereocenters. The third-order valence-corrected chi connectivity index (χ3v) is 4.86. The van der Waals surface area contributed by atoms with E-state index in [1.807, 2.05) is 39.0 Å². The first-order valence-electron chi connectivity index (χ1n) is 10.7. The molecule has 0 saturated heterocycles. The molecule has 0 aliphatic heterocycles. The second-order valence-corrected chi connectivity index (χ2v) is 7.06. The fraction of sp³-hybridized carbons (Fsp3) is 0.417. The average Bonchev–Trinajstić information content (AvgIpc) is 3.22. The van der Waals surface area contributed by atoms with Gasteiger partial charge in [0.25, 0.3) is 5.91 Å². The number of aryl methyl sites for hydroxylation is 2. The lowest BCUT2D eigenvalue weighted by atomic mass is 10.1. The van der Waals surface area contributed by atoms with Crippen LogP contribution in [0.15, 0.2) is 30.3 Å². The monoisotopic (exact) mass is 427 g/mol. The summed E-state index contributed by atoms with van der Waals surface area (Å²) in [5.74, 6) is 0.188. The summed E-state index contributed by atoms with van der Waals surface area (Å²) in [6, 6.07) is 8.97. The zero-order valence-electron chi connectivity index (χ0n) is 18.3. The zero-order chi connectivity index (χ0) is 22.2. The van der Waals surface area contributed by atoms with Crippen LogP contribution < -0.4 is 19.5 Å². The van der Waals surface area contributed by atoms with Crippen LogP contribution in [-0.4, -0.2) is 38.3 Å². The summed E-state index contributed by atoms with van der Waals surface area (Å²) < 4.78 is 22.1. The highest BCUT2D eigenvalue weighted by Gasteiger charge is 2.20. The number of carbonyl (C=O) groups is 2. The SMILES string of the molecule is CCOc1cc(C(=O)OCC(=O)Nc2ccc3c(c2)CCC3)cc(OCC)c1OCC. The van der Waals surface area contributed by atoms with E-state index in [0.29, 0.717) is 42.8 Å². The molecule has 3 rings (SSSR count). The van der Waals surface area contributed by atoms with Crippen LogP contribution in [0.3, 0.4) is 0 Å². The van der Waals surface area contributed by atoms with Crippen LogP contribution in [0, 0.1) is 0 Å². The molecule has 1 N–H and O–H groups in total. The molecule has 2 aromatic rings. The molecule has 7 nitrogen and oxygen atoms in total. The van der Waals surface area contributed by atoms with Crippen molar-refractivity contribution in [3.05, 3.63) is 47.0 Å². The van der Waals surface area contributed by atoms with E-state index in [0.717, 1.165) is 19.3 Å². The standard InChI is InChI=1S/C24H29NO6/c1-4-28-20-13-18(14-21(29-5-2)23(20)30-6-3)24(27)31-15-22(26)25-19-11-10-16-8-7-9-17(16)12-19/h10-14H,4-9,15H2,1-3H3,(H,25,26). The highest BCUT2D eigenvalue weighted by molar-refractivity contribution is 5.96. The van der Waals surface area contributed by atoms with Gasteiger partial charge in [-0.3, -0.25) is 4.79 Å². The number of rotatable bonds is 10. The Bertz CT molecular complexity index is 913. The van der Waals surface area contributed by atoms with Crippen molar-refractivity contribution in [3.8, 4) is 17.2 Å². The number of hydrogen-bond acceptors (Lipinski definition) is 6. The van der Waals surface area contributed by atoms with Crippen molar-refractivity contribution in [2.45, 2.75) is 40.0 Å². The number of nitrogens with one attached hydrogen (secondary N) is 1. The fourth-order valence-electron chi connectivity index (χ4n) is 3.57. The summed E-state index contributed by atoms with van der Waals surface area (Å²) in [5.41, 5.74) is 3.52. The van der Waals surface area contributed by atoms with Crippen LogP contribution >= 0.6 is 0 Å². The van der Waals surface area contributed by atoms with Crippen LogP contribution in [0.25, 0.3) is 0 Å². The minimum atomic E-state index is -0.644. The van der Waals surface area contributed by atoms with Crippen molar-refractivity contribution >= 4 is 17.6 Å². The number of amides is 1. The van der Waals surface area contributed by atoms with E-state index < -0.39 is 18.5 Å². The number of benzene rings is 2. The molecule has 31 heavy (non-hydrogen) atoms. The number of fused-ring (bicyclic) bond motifs is 1. The normalized spacial score (nSPS) is 12.1. The van der Waals surface area contributed by atoms with Gasteiger partial charge in [0.1, 0.15) is 0 Å². The second kappa shape index (κ2) is 10.7. The van der Waals surface area contributed by atoms with Gasteiger partial charge in [-0.05, 0) is 75.4 Å². The summed E-state index contributed by atoms with van der Waals surface area (Å²) in [6.07, 6.45) is 3.24. The van der Waals surface area contributed by atoms with E-state index >= 15 is 0 Å². The van der Waals surface area contributed by atoms with E-state index in [1.165, 1.54) is 23.3 Å². The Morgan fingerprint density at radius 1 is 0.871 bits per heavy atom. The van der Waals surface area contributed by atoms with Crippen molar-refractivity contribution in [2.75, 3.05) is 31.7 Å². The van der Waals surface area contributed by atoms with Crippen molar-refractivity contribution in [3.63, 3.8) is 0 Å². The first kappa shape index (κ1) is 22.5. The molecule has 1 aliphatic carbocycles. The molecule has 7 heteroatoms. The van der Waals surface area contributed by atoms with Crippen LogP contribution in [0.4, 0.5) is 5.69 Å². The predicted octanol–water partition coefficient (Wildman–Crippen LogP) is 4.17. The average molecular weight is 427 g/mol. The quantitative estimate of drug-likeness (QED) is 0.573. The molecule has 0 spiro atoms. The molecule has 0 fully saturated rings. The Labute approximate surface area is 182 Å². The number of carbonyl (C=O) groups excluding carboxylic acids is 2. The molecule has 0 heterocycles. The van der Waals surface area contributed by atoms with Gasteiger partial charge in [-0.15, -0.1) is 0 Å².